The summed E-state index contributed by atoms with van der Waals surface area (Å²) in [4.78, 5) is 32.2. The lowest BCUT2D eigenvalue weighted by atomic mass is 9.60. The van der Waals surface area contributed by atoms with Crippen molar-refractivity contribution < 1.29 is 14.6 Å². The molecule has 1 N–H and O–H groups in total. The van der Waals surface area contributed by atoms with Crippen LogP contribution in [0.25, 0.3) is 21.8 Å². The van der Waals surface area contributed by atoms with Crippen LogP contribution in [0.15, 0.2) is 59.5 Å². The topological polar surface area (TPSA) is 89.6 Å². The van der Waals surface area contributed by atoms with E-state index in [4.69, 9.17) is 9.72 Å². The third kappa shape index (κ3) is 4.00. The van der Waals surface area contributed by atoms with Gasteiger partial charge in [0.15, 0.2) is 0 Å². The number of aliphatic hydroxyl groups is 1. The van der Waals surface area contributed by atoms with E-state index in [0.717, 1.165) is 65.2 Å². The number of pyridine rings is 1. The van der Waals surface area contributed by atoms with Crippen molar-refractivity contribution in [2.75, 3.05) is 26.8 Å². The number of nitrogens with zero attached hydrogens (tertiary/aromatic N) is 4. The molecule has 0 atom stereocenters. The number of aryl methyl sites for hydroxylation is 1. The van der Waals surface area contributed by atoms with Gasteiger partial charge in [0.05, 0.1) is 30.4 Å². The Bertz CT molecular complexity index is 1520. The molecule has 0 bridgehead atoms. The van der Waals surface area contributed by atoms with Gasteiger partial charge in [-0.05, 0) is 55.2 Å². The van der Waals surface area contributed by atoms with E-state index in [1.807, 2.05) is 51.7 Å². The Morgan fingerprint density at radius 2 is 1.81 bits per heavy atom. The lowest BCUT2D eigenvalue weighted by Gasteiger charge is -2.58. The zero-order valence-corrected chi connectivity index (χ0v) is 21.1. The zero-order chi connectivity index (χ0) is 25.6. The minimum atomic E-state index is -0.277. The van der Waals surface area contributed by atoms with E-state index in [0.29, 0.717) is 19.6 Å². The Morgan fingerprint density at radius 1 is 1.08 bits per heavy atom. The van der Waals surface area contributed by atoms with Gasteiger partial charge in [0.25, 0.3) is 0 Å². The maximum absolute atomic E-state index is 13.9. The van der Waals surface area contributed by atoms with E-state index >= 15 is 0 Å². The number of ether oxygens (including phenoxy) is 1. The second-order valence-corrected chi connectivity index (χ2v) is 10.6. The Labute approximate surface area is 215 Å². The fourth-order valence-corrected chi connectivity index (χ4v) is 6.38. The molecule has 8 heteroatoms. The molecule has 2 aromatic heterocycles. The van der Waals surface area contributed by atoms with Crippen LogP contribution in [0.3, 0.4) is 0 Å². The summed E-state index contributed by atoms with van der Waals surface area (Å²) >= 11 is 0. The Hall–Kier alpha value is -3.65. The number of hydrogen-bond donors (Lipinski definition) is 1. The van der Waals surface area contributed by atoms with Crippen LogP contribution < -0.4 is 5.69 Å². The number of amides is 1. The monoisotopic (exact) mass is 500 g/mol. The first-order valence-corrected chi connectivity index (χ1v) is 13.0. The Balaban J connectivity index is 1.33. The first-order valence-electron chi connectivity index (χ1n) is 13.0. The number of imidazole rings is 1. The predicted molar refractivity (Wildman–Crippen MR) is 142 cm³/mol. The summed E-state index contributed by atoms with van der Waals surface area (Å²) in [5.41, 5.74) is 3.99. The fourth-order valence-electron chi connectivity index (χ4n) is 6.38. The molecule has 1 aliphatic carbocycles. The van der Waals surface area contributed by atoms with Crippen molar-refractivity contribution in [1.82, 2.24) is 19.0 Å². The average Bonchev–Trinajstić information content (AvgIpc) is 3.14. The number of aliphatic hydroxyl groups excluding tert-OH is 1. The highest BCUT2D eigenvalue weighted by atomic mass is 16.5. The summed E-state index contributed by atoms with van der Waals surface area (Å²) in [6.45, 7) is 1.96. The van der Waals surface area contributed by atoms with Crippen LogP contribution in [-0.2, 0) is 17.7 Å². The van der Waals surface area contributed by atoms with Gasteiger partial charge in [-0.3, -0.25) is 14.1 Å². The number of benzene rings is 2. The summed E-state index contributed by atoms with van der Waals surface area (Å²) in [6.07, 6.45) is 5.79. The number of methoxy groups -OCH3 is 1. The second kappa shape index (κ2) is 9.34. The van der Waals surface area contributed by atoms with Crippen LogP contribution in [0, 0.1) is 5.41 Å². The highest BCUT2D eigenvalue weighted by Crippen LogP contribution is 2.54. The molecule has 2 fully saturated rings. The minimum absolute atomic E-state index is 0.0125. The van der Waals surface area contributed by atoms with E-state index in [1.165, 1.54) is 7.11 Å². The number of likely N-dealkylation sites (tertiary alicyclic amines) is 1. The lowest BCUT2D eigenvalue weighted by Crippen LogP contribution is -2.64. The third-order valence-electron chi connectivity index (χ3n) is 8.19. The Kier molecular flexibility index (Phi) is 5.99. The summed E-state index contributed by atoms with van der Waals surface area (Å²) in [6, 6.07) is 16.3. The highest BCUT2D eigenvalue weighted by Gasteiger charge is 2.55. The zero-order valence-electron chi connectivity index (χ0n) is 21.1. The van der Waals surface area contributed by atoms with Gasteiger partial charge in [-0.15, -0.1) is 0 Å². The number of unbranched alkanes of at least 4 members (excludes halogenated alkanes) is 1. The summed E-state index contributed by atoms with van der Waals surface area (Å²) in [5.74, 6) is 0. The minimum Gasteiger partial charge on any atom is -0.453 e. The molecule has 1 aliphatic heterocycles. The summed E-state index contributed by atoms with van der Waals surface area (Å²) in [7, 11) is 1.41. The molecule has 192 valence electrons. The third-order valence-corrected chi connectivity index (χ3v) is 8.19. The normalized spacial score (nSPS) is 16.8. The molecule has 2 aromatic carbocycles. The molecule has 8 nitrogen and oxygen atoms in total. The van der Waals surface area contributed by atoms with Gasteiger partial charge in [0.2, 0.25) is 0 Å². The smallest absolute Gasteiger partial charge is 0.409 e. The number of hydrogen-bond acceptors (Lipinski definition) is 5. The molecular weight excluding hydrogens is 468 g/mol. The maximum atomic E-state index is 13.9. The molecule has 4 aromatic rings. The maximum Gasteiger partial charge on any atom is 0.409 e. The molecule has 6 rings (SSSR count). The number of carbonyl (C=O) groups is 1. The molecule has 0 radical (unpaired) electrons. The van der Waals surface area contributed by atoms with Gasteiger partial charge in [0, 0.05) is 42.7 Å². The van der Waals surface area contributed by atoms with Crippen molar-refractivity contribution in [1.29, 1.82) is 0 Å². The van der Waals surface area contributed by atoms with Gasteiger partial charge in [0.1, 0.15) is 0 Å². The van der Waals surface area contributed by atoms with Crippen LogP contribution >= 0.6 is 0 Å². The van der Waals surface area contributed by atoms with Crippen LogP contribution in [0.5, 0.6) is 0 Å². The molecule has 37 heavy (non-hydrogen) atoms. The lowest BCUT2D eigenvalue weighted by molar-refractivity contribution is -0.0769. The number of aromatic nitrogens is 3. The van der Waals surface area contributed by atoms with E-state index in [-0.39, 0.29) is 29.8 Å². The largest absolute Gasteiger partial charge is 0.453 e. The Morgan fingerprint density at radius 3 is 2.57 bits per heavy atom. The van der Waals surface area contributed by atoms with E-state index in [9.17, 15) is 14.7 Å². The number of rotatable bonds is 7. The average molecular weight is 501 g/mol. The van der Waals surface area contributed by atoms with Gasteiger partial charge in [-0.25, -0.2) is 9.59 Å². The van der Waals surface area contributed by atoms with Crippen molar-refractivity contribution in [2.45, 2.75) is 44.7 Å². The van der Waals surface area contributed by atoms with Gasteiger partial charge in [-0.1, -0.05) is 36.4 Å². The fraction of sp³-hybridized carbons (Fsp3) is 0.414. The SMILES string of the molecule is COC(=O)N1CC2(CC(n3c(=O)n(Cc4ncc5ccccc5c4CCCCO)c4ccccc43)C2)C1. The van der Waals surface area contributed by atoms with E-state index < -0.39 is 0 Å². The van der Waals surface area contributed by atoms with E-state index in [2.05, 4.69) is 12.1 Å². The molecule has 2 aliphatic rings. The predicted octanol–water partition coefficient (Wildman–Crippen LogP) is 4.12. The number of carbonyl (C=O) groups excluding carboxylic acids is 1. The van der Waals surface area contributed by atoms with Crippen LogP contribution in [-0.4, -0.2) is 57.0 Å². The molecule has 1 saturated heterocycles. The molecule has 3 heterocycles. The summed E-state index contributed by atoms with van der Waals surface area (Å²) in [5, 5.41) is 11.6. The van der Waals surface area contributed by atoms with Crippen LogP contribution in [0.4, 0.5) is 4.79 Å². The molecule has 1 saturated carbocycles. The van der Waals surface area contributed by atoms with Crippen molar-refractivity contribution in [3.63, 3.8) is 0 Å². The second-order valence-electron chi connectivity index (χ2n) is 10.6. The van der Waals surface area contributed by atoms with Crippen LogP contribution in [0.2, 0.25) is 0 Å². The number of fused-ring (bicyclic) bond motifs is 2. The molecular formula is C29H32N4O4. The van der Waals surface area contributed by atoms with Crippen LogP contribution in [0.1, 0.15) is 43.0 Å². The molecule has 1 spiro atoms. The summed E-state index contributed by atoms with van der Waals surface area (Å²) < 4.78 is 8.65. The first kappa shape index (κ1) is 23.7. The van der Waals surface area contributed by atoms with Crippen molar-refractivity contribution in [3.8, 4) is 0 Å². The van der Waals surface area contributed by atoms with Gasteiger partial charge >= 0.3 is 11.8 Å². The van der Waals surface area contributed by atoms with Gasteiger partial charge in [-0.2, -0.15) is 0 Å². The van der Waals surface area contributed by atoms with Crippen molar-refractivity contribution in [3.05, 3.63) is 76.5 Å². The van der Waals surface area contributed by atoms with Gasteiger partial charge < -0.3 is 14.7 Å². The molecule has 0 unspecified atom stereocenters. The highest BCUT2D eigenvalue weighted by molar-refractivity contribution is 5.85. The number of para-hydroxylation sites is 2. The van der Waals surface area contributed by atoms with E-state index in [1.54, 1.807) is 4.90 Å². The standard InChI is InChI=1S/C29H32N4O4/c1-37-28(36)31-18-29(19-31)14-21(15-29)33-26-12-5-4-11-25(26)32(27(33)35)17-24-23(10-6-7-13-34)22-9-3-2-8-20(22)16-30-24/h2-5,8-9,11-12,16,21,34H,6-7,10,13-15,17-19H2,1H3. The van der Waals surface area contributed by atoms with Crippen molar-refractivity contribution >= 4 is 27.9 Å². The molecule has 1 amide bonds. The quantitative estimate of drug-likeness (QED) is 0.386. The first-order chi connectivity index (χ1) is 18.0. The van der Waals surface area contributed by atoms with Crippen molar-refractivity contribution in [2.24, 2.45) is 5.41 Å².